The zero-order valence-corrected chi connectivity index (χ0v) is 11.6. The second-order valence-corrected chi connectivity index (χ2v) is 6.52. The van der Waals surface area contributed by atoms with Crippen LogP contribution in [0.3, 0.4) is 0 Å². The van der Waals surface area contributed by atoms with Crippen molar-refractivity contribution in [3.63, 3.8) is 0 Å². The fourth-order valence-electron chi connectivity index (χ4n) is 2.71. The number of nitrogens with zero attached hydrogens (tertiary/aromatic N) is 1. The lowest BCUT2D eigenvalue weighted by atomic mass is 9.90. The van der Waals surface area contributed by atoms with Gasteiger partial charge < -0.3 is 10.5 Å². The number of hydrogen-bond donors (Lipinski definition) is 1. The number of thiophene rings is 1. The van der Waals surface area contributed by atoms with Crippen molar-refractivity contribution in [1.29, 1.82) is 0 Å². The molecule has 3 nitrogen and oxygen atoms in total. The molecule has 0 unspecified atom stereocenters. The first-order valence-electron chi connectivity index (χ1n) is 6.87. The van der Waals surface area contributed by atoms with E-state index in [1.807, 2.05) is 0 Å². The molecule has 1 saturated heterocycles. The molecule has 1 aliphatic carbocycles. The van der Waals surface area contributed by atoms with Crippen LogP contribution in [0.4, 0.5) is 0 Å². The van der Waals surface area contributed by atoms with Crippen LogP contribution in [0.2, 0.25) is 0 Å². The lowest BCUT2D eigenvalue weighted by Gasteiger charge is -2.38. The Labute approximate surface area is 113 Å². The Morgan fingerprint density at radius 3 is 2.78 bits per heavy atom. The van der Waals surface area contributed by atoms with Crippen LogP contribution in [0.1, 0.15) is 31.2 Å². The first kappa shape index (κ1) is 12.6. The van der Waals surface area contributed by atoms with E-state index in [1.54, 1.807) is 11.3 Å². The Morgan fingerprint density at radius 2 is 2.17 bits per heavy atom. The van der Waals surface area contributed by atoms with E-state index in [2.05, 4.69) is 21.7 Å². The van der Waals surface area contributed by atoms with E-state index < -0.39 is 0 Å². The zero-order chi connectivity index (χ0) is 12.4. The molecule has 0 aromatic carbocycles. The summed E-state index contributed by atoms with van der Waals surface area (Å²) in [6, 6.07) is 3.00. The highest BCUT2D eigenvalue weighted by atomic mass is 32.1. The third-order valence-electron chi connectivity index (χ3n) is 4.04. The van der Waals surface area contributed by atoms with E-state index in [0.29, 0.717) is 0 Å². The molecule has 2 heterocycles. The summed E-state index contributed by atoms with van der Waals surface area (Å²) in [4.78, 5) is 2.59. The summed E-state index contributed by atoms with van der Waals surface area (Å²) in [7, 11) is 0. The van der Waals surface area contributed by atoms with Gasteiger partial charge in [0.2, 0.25) is 0 Å². The molecular weight excluding hydrogens is 244 g/mol. The molecule has 1 aliphatic heterocycles. The van der Waals surface area contributed by atoms with Gasteiger partial charge in [-0.2, -0.15) is 11.3 Å². The smallest absolute Gasteiger partial charge is 0.0484 e. The summed E-state index contributed by atoms with van der Waals surface area (Å²) in [5.74, 6) is 0. The largest absolute Gasteiger partial charge is 0.381 e. The highest BCUT2D eigenvalue weighted by Crippen LogP contribution is 2.31. The van der Waals surface area contributed by atoms with Crippen molar-refractivity contribution in [2.75, 3.05) is 19.8 Å². The molecule has 0 radical (unpaired) electrons. The van der Waals surface area contributed by atoms with Gasteiger partial charge in [0.1, 0.15) is 0 Å². The van der Waals surface area contributed by atoms with Crippen molar-refractivity contribution in [2.24, 2.45) is 5.73 Å². The highest BCUT2D eigenvalue weighted by Gasteiger charge is 2.36. The molecule has 1 aromatic heterocycles. The van der Waals surface area contributed by atoms with Gasteiger partial charge in [0.15, 0.2) is 0 Å². The van der Waals surface area contributed by atoms with E-state index >= 15 is 0 Å². The summed E-state index contributed by atoms with van der Waals surface area (Å²) in [5.41, 5.74) is 7.94. The van der Waals surface area contributed by atoms with E-state index in [1.165, 1.54) is 18.4 Å². The summed E-state index contributed by atoms with van der Waals surface area (Å²) < 4.78 is 5.43. The predicted octanol–water partition coefficient (Wildman–Crippen LogP) is 2.22. The normalized spacial score (nSPS) is 23.4. The fraction of sp³-hybridized carbons (Fsp3) is 0.714. The Balaban J connectivity index is 1.62. The molecule has 18 heavy (non-hydrogen) atoms. The van der Waals surface area contributed by atoms with Crippen molar-refractivity contribution in [3.05, 3.63) is 22.4 Å². The minimum atomic E-state index is -0.0309. The maximum atomic E-state index is 6.54. The van der Waals surface area contributed by atoms with Gasteiger partial charge in [-0.25, -0.2) is 0 Å². The van der Waals surface area contributed by atoms with Gasteiger partial charge in [-0.15, -0.1) is 0 Å². The molecule has 1 aromatic rings. The monoisotopic (exact) mass is 266 g/mol. The van der Waals surface area contributed by atoms with Crippen LogP contribution in [0.15, 0.2) is 16.8 Å². The van der Waals surface area contributed by atoms with Gasteiger partial charge in [0, 0.05) is 37.9 Å². The highest BCUT2D eigenvalue weighted by molar-refractivity contribution is 7.07. The average molecular weight is 266 g/mol. The van der Waals surface area contributed by atoms with Crippen molar-refractivity contribution in [1.82, 2.24) is 4.90 Å². The van der Waals surface area contributed by atoms with Crippen LogP contribution in [-0.2, 0) is 11.3 Å². The van der Waals surface area contributed by atoms with Crippen molar-refractivity contribution in [3.8, 4) is 0 Å². The molecule has 2 aliphatic rings. The molecular formula is C14H22N2OS. The Hall–Kier alpha value is -0.420. The molecule has 0 amide bonds. The maximum absolute atomic E-state index is 6.54. The zero-order valence-electron chi connectivity index (χ0n) is 10.8. The Kier molecular flexibility index (Phi) is 3.71. The van der Waals surface area contributed by atoms with Crippen LogP contribution in [0.25, 0.3) is 0 Å². The van der Waals surface area contributed by atoms with Gasteiger partial charge >= 0.3 is 0 Å². The molecule has 2 fully saturated rings. The lowest BCUT2D eigenvalue weighted by Crippen LogP contribution is -2.53. The van der Waals surface area contributed by atoms with Crippen LogP contribution in [-0.4, -0.2) is 36.2 Å². The van der Waals surface area contributed by atoms with Crippen molar-refractivity contribution < 1.29 is 4.74 Å². The lowest BCUT2D eigenvalue weighted by molar-refractivity contribution is 0.0351. The minimum Gasteiger partial charge on any atom is -0.381 e. The fourth-order valence-corrected chi connectivity index (χ4v) is 3.37. The standard InChI is InChI=1S/C14H22N2OS/c15-14(4-6-17-7-5-14)11-16(13-1-2-13)9-12-3-8-18-10-12/h3,8,10,13H,1-2,4-7,9,11,15H2. The summed E-state index contributed by atoms with van der Waals surface area (Å²) in [6.07, 6.45) is 4.69. The average Bonchev–Trinajstić information content (AvgIpc) is 3.09. The van der Waals surface area contributed by atoms with Crippen LogP contribution in [0.5, 0.6) is 0 Å². The van der Waals surface area contributed by atoms with Gasteiger partial charge in [-0.1, -0.05) is 0 Å². The minimum absolute atomic E-state index is 0.0309. The Bertz CT molecular complexity index is 369. The summed E-state index contributed by atoms with van der Waals surface area (Å²) in [5, 5.41) is 4.41. The topological polar surface area (TPSA) is 38.5 Å². The molecule has 3 rings (SSSR count). The van der Waals surface area contributed by atoms with Gasteiger partial charge in [-0.05, 0) is 48.1 Å². The molecule has 1 saturated carbocycles. The molecule has 2 N–H and O–H groups in total. The first-order valence-corrected chi connectivity index (χ1v) is 7.81. The number of rotatable bonds is 5. The van der Waals surface area contributed by atoms with E-state index in [4.69, 9.17) is 10.5 Å². The second-order valence-electron chi connectivity index (χ2n) is 5.74. The molecule has 100 valence electrons. The van der Waals surface area contributed by atoms with Crippen LogP contribution in [0, 0.1) is 0 Å². The van der Waals surface area contributed by atoms with Gasteiger partial charge in [-0.3, -0.25) is 4.90 Å². The van der Waals surface area contributed by atoms with Crippen molar-refractivity contribution in [2.45, 2.75) is 43.8 Å². The van der Waals surface area contributed by atoms with Crippen molar-refractivity contribution >= 4 is 11.3 Å². The SMILES string of the molecule is NC1(CN(Cc2ccsc2)C2CC2)CCOCC1. The van der Waals surface area contributed by atoms with E-state index in [9.17, 15) is 0 Å². The van der Waals surface area contributed by atoms with E-state index in [0.717, 1.165) is 45.2 Å². The third kappa shape index (κ3) is 3.12. The third-order valence-corrected chi connectivity index (χ3v) is 4.77. The van der Waals surface area contributed by atoms with Crippen LogP contribution >= 0.6 is 11.3 Å². The molecule has 0 spiro atoms. The molecule has 0 bridgehead atoms. The summed E-state index contributed by atoms with van der Waals surface area (Å²) in [6.45, 7) is 3.74. The number of nitrogens with two attached hydrogens (primary N) is 1. The number of hydrogen-bond acceptors (Lipinski definition) is 4. The molecule has 0 atom stereocenters. The predicted molar refractivity (Wildman–Crippen MR) is 74.7 cm³/mol. The maximum Gasteiger partial charge on any atom is 0.0484 e. The Morgan fingerprint density at radius 1 is 1.39 bits per heavy atom. The van der Waals surface area contributed by atoms with Gasteiger partial charge in [0.05, 0.1) is 0 Å². The quantitative estimate of drug-likeness (QED) is 0.888. The second kappa shape index (κ2) is 5.29. The van der Waals surface area contributed by atoms with Crippen LogP contribution < -0.4 is 5.73 Å². The number of ether oxygens (including phenoxy) is 1. The first-order chi connectivity index (χ1) is 8.75. The summed E-state index contributed by atoms with van der Waals surface area (Å²) >= 11 is 1.78. The van der Waals surface area contributed by atoms with Gasteiger partial charge in [0.25, 0.3) is 0 Å². The van der Waals surface area contributed by atoms with E-state index in [-0.39, 0.29) is 5.54 Å². The molecule has 4 heteroatoms.